The minimum absolute atomic E-state index is 0.306. The fourth-order valence-electron chi connectivity index (χ4n) is 8.59. The molecule has 4 saturated carbocycles. The number of carbonyl (C=O) groups is 1. The van der Waals surface area contributed by atoms with Crippen molar-refractivity contribution in [1.29, 1.82) is 0 Å². The molecule has 2 N–H and O–H groups in total. The van der Waals surface area contributed by atoms with E-state index in [0.29, 0.717) is 47.8 Å². The molecule has 0 aromatic heterocycles. The minimum Gasteiger partial charge on any atom is -0.481 e. The van der Waals surface area contributed by atoms with E-state index < -0.39 is 12.0 Å². The van der Waals surface area contributed by atoms with Crippen LogP contribution < -0.4 is 0 Å². The van der Waals surface area contributed by atoms with Gasteiger partial charge in [-0.1, -0.05) is 20.8 Å². The van der Waals surface area contributed by atoms with Gasteiger partial charge in [-0.2, -0.15) is 0 Å². The Kier molecular flexibility index (Phi) is 4.81. The first-order valence-corrected chi connectivity index (χ1v) is 11.5. The van der Waals surface area contributed by atoms with E-state index >= 15 is 0 Å². The van der Waals surface area contributed by atoms with Gasteiger partial charge in [0.2, 0.25) is 0 Å². The van der Waals surface area contributed by atoms with Gasteiger partial charge in [0.15, 0.2) is 0 Å². The van der Waals surface area contributed by atoms with Crippen molar-refractivity contribution in [1.82, 2.24) is 0 Å². The number of fused-ring (bicyclic) bond motifs is 5. The van der Waals surface area contributed by atoms with Crippen LogP contribution >= 0.6 is 0 Å². The van der Waals surface area contributed by atoms with Gasteiger partial charge in [-0.25, -0.2) is 0 Å². The summed E-state index contributed by atoms with van der Waals surface area (Å²) in [7, 11) is 0. The lowest BCUT2D eigenvalue weighted by Crippen LogP contribution is -2.54. The number of carboxylic acid groups (broad SMARTS) is 1. The molecule has 4 aliphatic rings. The first kappa shape index (κ1) is 18.5. The van der Waals surface area contributed by atoms with Crippen LogP contribution in [0.2, 0.25) is 0 Å². The fourth-order valence-corrected chi connectivity index (χ4v) is 8.59. The van der Waals surface area contributed by atoms with Gasteiger partial charge in [-0.3, -0.25) is 4.79 Å². The Hall–Kier alpha value is -0.570. The highest BCUT2D eigenvalue weighted by molar-refractivity contribution is 5.66. The first-order chi connectivity index (χ1) is 13.1. The number of hydrogen-bond donors (Lipinski definition) is 2. The number of aliphatic hydroxyl groups is 1. The maximum Gasteiger partial charge on any atom is 0.303 e. The normalized spacial score (nSPS) is 53.6. The van der Waals surface area contributed by atoms with Gasteiger partial charge < -0.3 is 10.2 Å². The second kappa shape index (κ2) is 7.04. The quantitative estimate of drug-likeness (QED) is 0.679. The lowest BCUT2D eigenvalue weighted by atomic mass is 9.44. The number of aliphatic carboxylic acids is 1. The lowest BCUT2D eigenvalue weighted by molar-refractivity contribution is -0.138. The molecule has 0 spiro atoms. The summed E-state index contributed by atoms with van der Waals surface area (Å²) in [6.07, 6.45) is 9.89. The summed E-state index contributed by atoms with van der Waals surface area (Å²) in [6.45, 7) is 7.30. The van der Waals surface area contributed by atoms with Crippen molar-refractivity contribution in [3.05, 3.63) is 0 Å². The third-order valence-corrected chi connectivity index (χ3v) is 10.1. The molecule has 0 aromatic carbocycles. The molecule has 154 valence electrons. The third kappa shape index (κ3) is 3.16. The molecular formula is C24H40O3. The van der Waals surface area contributed by atoms with Crippen LogP contribution in [0.1, 0.15) is 92.8 Å². The van der Waals surface area contributed by atoms with Crippen LogP contribution in [0.25, 0.3) is 0 Å². The van der Waals surface area contributed by atoms with Gasteiger partial charge in [-0.05, 0) is 111 Å². The maximum atomic E-state index is 11.1. The van der Waals surface area contributed by atoms with Gasteiger partial charge in [0.05, 0.1) is 7.45 Å². The number of hydrogen-bond acceptors (Lipinski definition) is 2. The Labute approximate surface area is 166 Å². The number of rotatable bonds is 4. The molecular weight excluding hydrogens is 336 g/mol. The van der Waals surface area contributed by atoms with Crippen molar-refractivity contribution in [2.45, 2.75) is 97.5 Å². The van der Waals surface area contributed by atoms with Gasteiger partial charge in [0.1, 0.15) is 0 Å². The van der Waals surface area contributed by atoms with E-state index in [-0.39, 0.29) is 0 Å². The molecule has 0 aliphatic heterocycles. The number of carboxylic acids is 1. The zero-order valence-corrected chi connectivity index (χ0v) is 17.5. The molecule has 3 nitrogen and oxygen atoms in total. The second-order valence-electron chi connectivity index (χ2n) is 11.1. The van der Waals surface area contributed by atoms with Gasteiger partial charge in [0, 0.05) is 6.42 Å². The van der Waals surface area contributed by atoms with Crippen molar-refractivity contribution >= 4 is 5.97 Å². The van der Waals surface area contributed by atoms with E-state index in [2.05, 4.69) is 20.8 Å². The van der Waals surface area contributed by atoms with E-state index in [4.69, 9.17) is 6.48 Å². The van der Waals surface area contributed by atoms with Crippen molar-refractivity contribution < 1.29 is 16.4 Å². The lowest BCUT2D eigenvalue weighted by Gasteiger charge is -2.61. The molecule has 4 aliphatic carbocycles. The molecule has 0 unspecified atom stereocenters. The molecule has 4 rings (SSSR count). The summed E-state index contributed by atoms with van der Waals surface area (Å²) < 4.78 is 8.17. The highest BCUT2D eigenvalue weighted by atomic mass is 16.4. The van der Waals surface area contributed by atoms with Gasteiger partial charge in [-0.15, -0.1) is 0 Å². The van der Waals surface area contributed by atoms with Crippen LogP contribution in [0, 0.1) is 46.3 Å². The Bertz CT molecular complexity index is 619. The van der Waals surface area contributed by atoms with Crippen molar-refractivity contribution in [2.75, 3.05) is 0 Å². The average molecular weight is 378 g/mol. The zero-order valence-electron chi connectivity index (χ0n) is 18.5. The van der Waals surface area contributed by atoms with Crippen molar-refractivity contribution in [3.63, 3.8) is 0 Å². The van der Waals surface area contributed by atoms with Crippen LogP contribution in [0.5, 0.6) is 0 Å². The molecule has 9 atom stereocenters. The second-order valence-corrected chi connectivity index (χ2v) is 11.1. The Morgan fingerprint density at radius 1 is 1.07 bits per heavy atom. The summed E-state index contributed by atoms with van der Waals surface area (Å²) in [5.74, 6) is 3.38. The Balaban J connectivity index is 1.51. The summed E-state index contributed by atoms with van der Waals surface area (Å²) in [5, 5.41) is 19.4. The van der Waals surface area contributed by atoms with E-state index in [9.17, 15) is 9.90 Å². The van der Waals surface area contributed by atoms with E-state index in [1.54, 1.807) is 0 Å². The predicted octanol–water partition coefficient (Wildman–Crippen LogP) is 5.51. The van der Waals surface area contributed by atoms with Crippen LogP contribution in [0.15, 0.2) is 0 Å². The van der Waals surface area contributed by atoms with Crippen molar-refractivity contribution in [3.8, 4) is 0 Å². The molecule has 0 radical (unpaired) electrons. The fraction of sp³-hybridized carbons (Fsp3) is 0.958. The molecule has 0 amide bonds. The van der Waals surface area contributed by atoms with Crippen LogP contribution in [-0.2, 0) is 4.79 Å². The SMILES string of the molecule is [2H][C@]1(O)CC[C@@]2(C)[C@H](CC[C@@H]3[C@@H]2CC[C@]2(C)[C@@H]([C@H](C)CCC(=O)O)CC[C@@H]32)C1. The average Bonchev–Trinajstić information content (AvgIpc) is 2.97. The predicted molar refractivity (Wildman–Crippen MR) is 107 cm³/mol. The molecule has 3 heteroatoms. The summed E-state index contributed by atoms with van der Waals surface area (Å²) in [6, 6.07) is 0. The zero-order chi connectivity index (χ0) is 20.3. The topological polar surface area (TPSA) is 57.5 Å². The first-order valence-electron chi connectivity index (χ1n) is 12.0. The molecule has 0 aromatic rings. The van der Waals surface area contributed by atoms with E-state index in [0.717, 1.165) is 30.6 Å². The molecule has 0 saturated heterocycles. The summed E-state index contributed by atoms with van der Waals surface area (Å²) >= 11 is 0. The van der Waals surface area contributed by atoms with Crippen molar-refractivity contribution in [2.24, 2.45) is 46.3 Å². The monoisotopic (exact) mass is 377 g/mol. The maximum absolute atomic E-state index is 11.1. The van der Waals surface area contributed by atoms with Gasteiger partial charge >= 0.3 is 5.97 Å². The highest BCUT2D eigenvalue weighted by Crippen LogP contribution is 2.68. The Morgan fingerprint density at radius 3 is 2.52 bits per heavy atom. The van der Waals surface area contributed by atoms with E-state index in [1.165, 1.54) is 38.5 Å². The summed E-state index contributed by atoms with van der Waals surface area (Å²) in [4.78, 5) is 11.1. The highest BCUT2D eigenvalue weighted by Gasteiger charge is 2.60. The van der Waals surface area contributed by atoms with Crippen LogP contribution in [0.3, 0.4) is 0 Å². The third-order valence-electron chi connectivity index (χ3n) is 10.1. The van der Waals surface area contributed by atoms with Crippen LogP contribution in [0.4, 0.5) is 0 Å². The largest absolute Gasteiger partial charge is 0.481 e. The van der Waals surface area contributed by atoms with Gasteiger partial charge in [0.25, 0.3) is 0 Å². The van der Waals surface area contributed by atoms with Crippen LogP contribution in [-0.4, -0.2) is 22.3 Å². The molecule has 27 heavy (non-hydrogen) atoms. The standard InChI is InChI=1S/C24H40O3/c1-15(4-9-22(26)27)19-7-8-20-18-6-5-16-14-17(25)10-12-23(16,2)21(18)11-13-24(19,20)3/h15-21,25H,4-14H2,1-3H3,(H,26,27)/t15-,16-,17+,18+,19-,20+,21+,23+,24-/m1/s1/i17D. The van der Waals surface area contributed by atoms with E-state index in [1.807, 2.05) is 0 Å². The molecule has 0 bridgehead atoms. The molecule has 0 heterocycles. The molecule has 4 fully saturated rings. The smallest absolute Gasteiger partial charge is 0.303 e. The Morgan fingerprint density at radius 2 is 1.78 bits per heavy atom. The minimum atomic E-state index is -1.20. The summed E-state index contributed by atoms with van der Waals surface area (Å²) in [5.41, 5.74) is 0.692.